The maximum absolute atomic E-state index is 4.69. The van der Waals surface area contributed by atoms with Crippen molar-refractivity contribution in [2.45, 2.75) is 39.0 Å². The van der Waals surface area contributed by atoms with Gasteiger partial charge in [0.1, 0.15) is 0 Å². The number of aromatic nitrogens is 3. The summed E-state index contributed by atoms with van der Waals surface area (Å²) < 4.78 is 4.91. The predicted molar refractivity (Wildman–Crippen MR) is 195 cm³/mol. The fraction of sp³-hybridized carbons (Fsp3) is 0.140. The van der Waals surface area contributed by atoms with Crippen molar-refractivity contribution in [1.82, 2.24) is 14.1 Å². The zero-order valence-corrected chi connectivity index (χ0v) is 26.2. The van der Waals surface area contributed by atoms with Crippen molar-refractivity contribution in [3.63, 3.8) is 0 Å². The number of allylic oxidation sites excluding steroid dienone is 4. The summed E-state index contributed by atoms with van der Waals surface area (Å²) in [6.45, 7) is 4.61. The second-order valence-electron chi connectivity index (χ2n) is 12.5. The van der Waals surface area contributed by atoms with Crippen molar-refractivity contribution >= 4 is 60.2 Å². The molecule has 0 saturated carbocycles. The summed E-state index contributed by atoms with van der Waals surface area (Å²) in [6, 6.07) is 42.2. The fourth-order valence-electron chi connectivity index (χ4n) is 8.03. The normalized spacial score (nSPS) is 15.3. The van der Waals surface area contributed by atoms with Crippen molar-refractivity contribution in [2.75, 3.05) is 0 Å². The Balaban J connectivity index is 1.17. The predicted octanol–water partition coefficient (Wildman–Crippen LogP) is 11.4. The minimum absolute atomic E-state index is 0.369. The van der Waals surface area contributed by atoms with E-state index in [4.69, 9.17) is 4.98 Å². The molecule has 9 rings (SSSR count). The molecular weight excluding hydrogens is 558 g/mol. The number of pyridine rings is 1. The van der Waals surface area contributed by atoms with Gasteiger partial charge in [-0.15, -0.1) is 0 Å². The number of hydrogen-bond acceptors (Lipinski definition) is 1. The lowest BCUT2D eigenvalue weighted by atomic mass is 9.80. The van der Waals surface area contributed by atoms with E-state index in [1.165, 1.54) is 77.1 Å². The van der Waals surface area contributed by atoms with Crippen LogP contribution >= 0.6 is 0 Å². The van der Waals surface area contributed by atoms with Crippen LogP contribution in [0.1, 0.15) is 43.7 Å². The van der Waals surface area contributed by atoms with Gasteiger partial charge in [-0.3, -0.25) is 4.98 Å². The van der Waals surface area contributed by atoms with Gasteiger partial charge < -0.3 is 9.13 Å². The summed E-state index contributed by atoms with van der Waals surface area (Å²) >= 11 is 0. The van der Waals surface area contributed by atoms with Gasteiger partial charge in [-0.25, -0.2) is 0 Å². The Kier molecular flexibility index (Phi) is 6.21. The molecular formula is C43H35N3. The molecule has 0 fully saturated rings. The molecule has 0 N–H and O–H groups in total. The van der Waals surface area contributed by atoms with Gasteiger partial charge in [0.15, 0.2) is 0 Å². The van der Waals surface area contributed by atoms with E-state index < -0.39 is 0 Å². The molecule has 0 aliphatic heterocycles. The molecule has 46 heavy (non-hydrogen) atoms. The van der Waals surface area contributed by atoms with Crippen molar-refractivity contribution in [3.05, 3.63) is 150 Å². The van der Waals surface area contributed by atoms with Crippen LogP contribution in [0.5, 0.6) is 0 Å². The van der Waals surface area contributed by atoms with Crippen LogP contribution in [0.15, 0.2) is 139 Å². The molecule has 1 unspecified atom stereocenters. The molecule has 0 amide bonds. The van der Waals surface area contributed by atoms with Crippen molar-refractivity contribution in [3.8, 4) is 5.69 Å². The Morgan fingerprint density at radius 2 is 1.28 bits per heavy atom. The van der Waals surface area contributed by atoms with E-state index in [1.807, 2.05) is 12.3 Å². The molecule has 5 aromatic carbocycles. The summed E-state index contributed by atoms with van der Waals surface area (Å²) in [5.74, 6) is 0.369. The zero-order chi connectivity index (χ0) is 30.8. The van der Waals surface area contributed by atoms with E-state index in [-0.39, 0.29) is 0 Å². The number of aryl methyl sites for hydroxylation is 1. The summed E-state index contributed by atoms with van der Waals surface area (Å²) in [5, 5.41) is 6.35. The third-order valence-electron chi connectivity index (χ3n) is 10.1. The monoisotopic (exact) mass is 593 g/mol. The SMILES string of the molecule is CCC1=CC(n2c3ccccc3c3ccccc32)=CCC1c1ccc(-n2c3ccccc3c3ccc4ncccc4c32)cc1CC. The standard InChI is InChI=1S/C43H35N3/c1-3-28-26-30(45-40-16-8-5-12-34(40)35-13-6-9-17-41(35)45)19-21-32(28)33-22-20-31(27-29(33)4-2)46-42-18-10-7-14-36(42)37-23-24-39-38(43(37)46)15-11-25-44-39/h5-20,22-27,32H,3-4,21H2,1-2H3. The first-order valence-electron chi connectivity index (χ1n) is 16.5. The second kappa shape index (κ2) is 10.6. The highest BCUT2D eigenvalue weighted by Crippen LogP contribution is 2.42. The number of rotatable bonds is 5. The highest BCUT2D eigenvalue weighted by Gasteiger charge is 2.24. The van der Waals surface area contributed by atoms with Crippen LogP contribution in [0.3, 0.4) is 0 Å². The Morgan fingerprint density at radius 1 is 0.630 bits per heavy atom. The Morgan fingerprint density at radius 3 is 1.98 bits per heavy atom. The fourth-order valence-corrected chi connectivity index (χ4v) is 8.03. The summed E-state index contributed by atoms with van der Waals surface area (Å²) in [6.07, 6.45) is 9.81. The maximum atomic E-state index is 4.69. The van der Waals surface area contributed by atoms with E-state index in [9.17, 15) is 0 Å². The van der Waals surface area contributed by atoms with Gasteiger partial charge in [0.25, 0.3) is 0 Å². The third kappa shape index (κ3) is 3.94. The van der Waals surface area contributed by atoms with E-state index in [2.05, 4.69) is 144 Å². The minimum atomic E-state index is 0.369. The maximum Gasteiger partial charge on any atom is 0.0723 e. The Bertz CT molecular complexity index is 2480. The molecule has 3 heterocycles. The van der Waals surface area contributed by atoms with Crippen LogP contribution in [-0.4, -0.2) is 14.1 Å². The van der Waals surface area contributed by atoms with Crippen LogP contribution in [0.2, 0.25) is 0 Å². The highest BCUT2D eigenvalue weighted by atomic mass is 15.0. The number of nitrogens with zero attached hydrogens (tertiary/aromatic N) is 3. The molecule has 1 atom stereocenters. The molecule has 1 aliphatic rings. The van der Waals surface area contributed by atoms with Crippen molar-refractivity contribution < 1.29 is 0 Å². The molecule has 3 nitrogen and oxygen atoms in total. The molecule has 0 spiro atoms. The van der Waals surface area contributed by atoms with Gasteiger partial charge in [-0.05, 0) is 85.0 Å². The van der Waals surface area contributed by atoms with E-state index in [0.29, 0.717) is 5.92 Å². The van der Waals surface area contributed by atoms with Gasteiger partial charge in [0.05, 0.1) is 27.6 Å². The average Bonchev–Trinajstić information content (AvgIpc) is 3.64. The van der Waals surface area contributed by atoms with Crippen LogP contribution in [0.4, 0.5) is 0 Å². The van der Waals surface area contributed by atoms with Gasteiger partial charge in [0, 0.05) is 50.4 Å². The molecule has 0 radical (unpaired) electrons. The first kappa shape index (κ1) is 26.9. The summed E-state index contributed by atoms with van der Waals surface area (Å²) in [4.78, 5) is 4.69. The topological polar surface area (TPSA) is 22.8 Å². The van der Waals surface area contributed by atoms with Crippen LogP contribution in [-0.2, 0) is 6.42 Å². The van der Waals surface area contributed by atoms with Crippen LogP contribution in [0.25, 0.3) is 65.9 Å². The molecule has 3 heteroatoms. The van der Waals surface area contributed by atoms with Crippen molar-refractivity contribution in [2.24, 2.45) is 0 Å². The smallest absolute Gasteiger partial charge is 0.0723 e. The quantitative estimate of drug-likeness (QED) is 0.195. The summed E-state index contributed by atoms with van der Waals surface area (Å²) in [5.41, 5.74) is 12.9. The van der Waals surface area contributed by atoms with Gasteiger partial charge in [-0.2, -0.15) is 0 Å². The van der Waals surface area contributed by atoms with Gasteiger partial charge in [-0.1, -0.05) is 92.2 Å². The molecule has 0 bridgehead atoms. The number of hydrogen-bond donors (Lipinski definition) is 0. The summed E-state index contributed by atoms with van der Waals surface area (Å²) in [7, 11) is 0. The van der Waals surface area contributed by atoms with Gasteiger partial charge in [0.2, 0.25) is 0 Å². The van der Waals surface area contributed by atoms with Gasteiger partial charge >= 0.3 is 0 Å². The molecule has 0 saturated heterocycles. The zero-order valence-electron chi connectivity index (χ0n) is 26.2. The van der Waals surface area contributed by atoms with E-state index in [0.717, 1.165) is 24.8 Å². The van der Waals surface area contributed by atoms with E-state index in [1.54, 1.807) is 0 Å². The molecule has 8 aromatic rings. The lowest BCUT2D eigenvalue weighted by molar-refractivity contribution is 0.748. The number of fused-ring (bicyclic) bond motifs is 8. The average molecular weight is 594 g/mol. The largest absolute Gasteiger partial charge is 0.310 e. The highest BCUT2D eigenvalue weighted by molar-refractivity contribution is 6.18. The minimum Gasteiger partial charge on any atom is -0.310 e. The van der Waals surface area contributed by atoms with Crippen LogP contribution < -0.4 is 0 Å². The van der Waals surface area contributed by atoms with Crippen LogP contribution in [0, 0.1) is 0 Å². The Labute approximate surface area is 268 Å². The number of benzene rings is 5. The number of para-hydroxylation sites is 3. The van der Waals surface area contributed by atoms with Crippen molar-refractivity contribution in [1.29, 1.82) is 0 Å². The lowest BCUT2D eigenvalue weighted by Crippen LogP contribution is -2.11. The first-order chi connectivity index (χ1) is 22.7. The lowest BCUT2D eigenvalue weighted by Gasteiger charge is -2.27. The molecule has 3 aromatic heterocycles. The third-order valence-corrected chi connectivity index (χ3v) is 10.1. The van der Waals surface area contributed by atoms with E-state index >= 15 is 0 Å². The molecule has 1 aliphatic carbocycles. The Hall–Kier alpha value is -5.41. The first-order valence-corrected chi connectivity index (χ1v) is 16.5. The molecule has 222 valence electrons. The second-order valence-corrected chi connectivity index (χ2v) is 12.5.